The normalized spacial score (nSPS) is 21.5. The number of hydrazone groups is 1. The van der Waals surface area contributed by atoms with E-state index in [-0.39, 0.29) is 29.7 Å². The number of carbonyl (C=O) groups is 2. The molecule has 0 bridgehead atoms. The molecule has 3 aromatic rings. The van der Waals surface area contributed by atoms with E-state index in [1.54, 1.807) is 18.3 Å². The number of carbonyl (C=O) groups excluding carboxylic acids is 2. The van der Waals surface area contributed by atoms with Crippen LogP contribution in [0.25, 0.3) is 10.9 Å². The summed E-state index contributed by atoms with van der Waals surface area (Å²) in [5, 5.41) is 7.00. The molecule has 5 rings (SSSR count). The molecule has 0 saturated carbocycles. The van der Waals surface area contributed by atoms with Gasteiger partial charge in [-0.15, -0.1) is 0 Å². The number of hydrogen-bond donors (Lipinski definition) is 2. The van der Waals surface area contributed by atoms with Crippen molar-refractivity contribution in [2.45, 2.75) is 45.6 Å². The first-order chi connectivity index (χ1) is 18.9. The maximum Gasteiger partial charge on any atom is 0.240 e. The van der Waals surface area contributed by atoms with Crippen LogP contribution in [0.1, 0.15) is 56.7 Å². The Kier molecular flexibility index (Phi) is 8.07. The van der Waals surface area contributed by atoms with Gasteiger partial charge in [0.25, 0.3) is 0 Å². The van der Waals surface area contributed by atoms with Crippen LogP contribution < -0.4 is 20.3 Å². The Morgan fingerprint density at radius 1 is 1.03 bits per heavy atom. The molecular formula is C30H35N5O4. The number of benzene rings is 2. The highest BCUT2D eigenvalue weighted by Gasteiger charge is 2.33. The molecule has 204 valence electrons. The van der Waals surface area contributed by atoms with Crippen molar-refractivity contribution in [3.05, 3.63) is 65.9 Å². The van der Waals surface area contributed by atoms with Crippen molar-refractivity contribution in [2.75, 3.05) is 20.3 Å². The lowest BCUT2D eigenvalue weighted by Crippen LogP contribution is -2.52. The lowest BCUT2D eigenvalue weighted by molar-refractivity contribution is -0.141. The molecule has 2 aliphatic heterocycles. The fourth-order valence-corrected chi connectivity index (χ4v) is 5.33. The molecule has 0 spiro atoms. The van der Waals surface area contributed by atoms with Gasteiger partial charge in [0.05, 0.1) is 25.5 Å². The highest BCUT2D eigenvalue weighted by Crippen LogP contribution is 2.36. The standard InChI is InChI=1S/C30H35N5O4/c1-19-17-26(36)32-33-28(19)21-8-10-22(11-9-21)39-16-5-4-15-35-27(37)18-20(2)29(34-35)24-12-13-25(38-3)30-23(24)7-6-14-31-30/h6-14,19-20,29,34H,4-5,15-18H2,1-3H3,(H,32,36). The molecule has 3 atom stereocenters. The average Bonchev–Trinajstić information content (AvgIpc) is 2.94. The molecule has 2 aliphatic rings. The number of nitrogens with one attached hydrogen (secondary N) is 2. The molecule has 2 N–H and O–H groups in total. The monoisotopic (exact) mass is 529 g/mol. The minimum Gasteiger partial charge on any atom is -0.494 e. The Morgan fingerprint density at radius 3 is 2.62 bits per heavy atom. The maximum atomic E-state index is 12.8. The molecule has 9 nitrogen and oxygen atoms in total. The van der Waals surface area contributed by atoms with E-state index < -0.39 is 0 Å². The zero-order chi connectivity index (χ0) is 27.4. The van der Waals surface area contributed by atoms with Crippen LogP contribution in [-0.2, 0) is 9.59 Å². The Labute approximate surface area is 228 Å². The van der Waals surface area contributed by atoms with Crippen LogP contribution in [0.15, 0.2) is 59.8 Å². The van der Waals surface area contributed by atoms with Crippen molar-refractivity contribution < 1.29 is 19.1 Å². The van der Waals surface area contributed by atoms with Crippen molar-refractivity contribution in [1.82, 2.24) is 20.8 Å². The van der Waals surface area contributed by atoms with E-state index in [0.29, 0.717) is 26.0 Å². The summed E-state index contributed by atoms with van der Waals surface area (Å²) >= 11 is 0. The van der Waals surface area contributed by atoms with Gasteiger partial charge in [0.1, 0.15) is 17.0 Å². The largest absolute Gasteiger partial charge is 0.494 e. The summed E-state index contributed by atoms with van der Waals surface area (Å²) in [5.74, 6) is 1.82. The molecule has 1 saturated heterocycles. The quantitative estimate of drug-likeness (QED) is 0.399. The zero-order valence-corrected chi connectivity index (χ0v) is 22.6. The minimum atomic E-state index is -0.0517. The van der Waals surface area contributed by atoms with Gasteiger partial charge in [-0.25, -0.2) is 10.9 Å². The van der Waals surface area contributed by atoms with Crippen molar-refractivity contribution in [2.24, 2.45) is 16.9 Å². The average molecular weight is 530 g/mol. The molecule has 2 aromatic carbocycles. The van der Waals surface area contributed by atoms with Crippen LogP contribution in [0, 0.1) is 11.8 Å². The molecule has 1 aromatic heterocycles. The molecule has 3 heterocycles. The first kappa shape index (κ1) is 26.6. The molecule has 2 amide bonds. The summed E-state index contributed by atoms with van der Waals surface area (Å²) in [6, 6.07) is 15.8. The predicted octanol–water partition coefficient (Wildman–Crippen LogP) is 4.38. The second kappa shape index (κ2) is 11.8. The fraction of sp³-hybridized carbons (Fsp3) is 0.400. The number of unbranched alkanes of at least 4 members (excludes halogenated alkanes) is 1. The molecule has 39 heavy (non-hydrogen) atoms. The van der Waals surface area contributed by atoms with Gasteiger partial charge in [-0.2, -0.15) is 5.10 Å². The highest BCUT2D eigenvalue weighted by atomic mass is 16.5. The Bertz CT molecular complexity index is 1370. The number of methoxy groups -OCH3 is 1. The van der Waals surface area contributed by atoms with E-state index in [4.69, 9.17) is 9.47 Å². The van der Waals surface area contributed by atoms with Crippen LogP contribution in [0.5, 0.6) is 11.5 Å². The number of aromatic nitrogens is 1. The number of amides is 2. The highest BCUT2D eigenvalue weighted by molar-refractivity contribution is 6.05. The lowest BCUT2D eigenvalue weighted by Gasteiger charge is -2.38. The van der Waals surface area contributed by atoms with E-state index in [9.17, 15) is 9.59 Å². The van der Waals surface area contributed by atoms with Gasteiger partial charge >= 0.3 is 0 Å². The van der Waals surface area contributed by atoms with Gasteiger partial charge in [-0.3, -0.25) is 19.6 Å². The minimum absolute atomic E-state index is 0.000113. The number of hydrogen-bond acceptors (Lipinski definition) is 7. The van der Waals surface area contributed by atoms with E-state index in [2.05, 4.69) is 40.0 Å². The molecule has 0 aliphatic carbocycles. The van der Waals surface area contributed by atoms with Gasteiger partial charge in [0.15, 0.2) is 0 Å². The fourth-order valence-electron chi connectivity index (χ4n) is 5.33. The molecular weight excluding hydrogens is 494 g/mol. The van der Waals surface area contributed by atoms with Gasteiger partial charge in [0, 0.05) is 36.9 Å². The summed E-state index contributed by atoms with van der Waals surface area (Å²) in [6.45, 7) is 5.28. The first-order valence-corrected chi connectivity index (χ1v) is 13.5. The second-order valence-electron chi connectivity index (χ2n) is 10.3. The van der Waals surface area contributed by atoms with Gasteiger partial charge < -0.3 is 9.47 Å². The number of pyridine rings is 1. The SMILES string of the molecule is COc1ccc(C2NN(CCCCOc3ccc(C4=NNC(=O)CC4C)cc3)C(=O)CC2C)c2cccnc12. The zero-order valence-electron chi connectivity index (χ0n) is 22.6. The topological polar surface area (TPSA) is 105 Å². The Morgan fingerprint density at radius 2 is 1.85 bits per heavy atom. The van der Waals surface area contributed by atoms with Crippen LogP contribution in [0.2, 0.25) is 0 Å². The summed E-state index contributed by atoms with van der Waals surface area (Å²) in [4.78, 5) is 28.8. The first-order valence-electron chi connectivity index (χ1n) is 13.5. The summed E-state index contributed by atoms with van der Waals surface area (Å²) in [7, 11) is 1.65. The van der Waals surface area contributed by atoms with Crippen molar-refractivity contribution >= 4 is 28.4 Å². The molecule has 0 radical (unpaired) electrons. The van der Waals surface area contributed by atoms with E-state index >= 15 is 0 Å². The summed E-state index contributed by atoms with van der Waals surface area (Å²) in [6.07, 6.45) is 4.34. The van der Waals surface area contributed by atoms with Crippen LogP contribution >= 0.6 is 0 Å². The maximum absolute atomic E-state index is 12.8. The van der Waals surface area contributed by atoms with Crippen LogP contribution in [0.4, 0.5) is 0 Å². The van der Waals surface area contributed by atoms with E-state index in [1.807, 2.05) is 43.3 Å². The van der Waals surface area contributed by atoms with Gasteiger partial charge in [0.2, 0.25) is 11.8 Å². The Hall–Kier alpha value is -3.98. The van der Waals surface area contributed by atoms with Crippen LogP contribution in [0.3, 0.4) is 0 Å². The third kappa shape index (κ3) is 5.88. The third-order valence-corrected chi connectivity index (χ3v) is 7.44. The summed E-state index contributed by atoms with van der Waals surface area (Å²) < 4.78 is 11.4. The van der Waals surface area contributed by atoms with Crippen molar-refractivity contribution in [1.29, 1.82) is 0 Å². The third-order valence-electron chi connectivity index (χ3n) is 7.44. The van der Waals surface area contributed by atoms with E-state index in [0.717, 1.165) is 52.1 Å². The van der Waals surface area contributed by atoms with E-state index in [1.165, 1.54) is 0 Å². The Balaban J connectivity index is 1.14. The van der Waals surface area contributed by atoms with Gasteiger partial charge in [-0.05, 0) is 66.3 Å². The van der Waals surface area contributed by atoms with Gasteiger partial charge in [-0.1, -0.05) is 26.0 Å². The molecule has 9 heteroatoms. The predicted molar refractivity (Wildman–Crippen MR) is 149 cm³/mol. The molecule has 1 fully saturated rings. The number of rotatable bonds is 9. The number of hydrazine groups is 1. The number of nitrogens with zero attached hydrogens (tertiary/aromatic N) is 3. The lowest BCUT2D eigenvalue weighted by atomic mass is 9.88. The number of ether oxygens (including phenoxy) is 2. The molecule has 3 unspecified atom stereocenters. The second-order valence-corrected chi connectivity index (χ2v) is 10.3. The summed E-state index contributed by atoms with van der Waals surface area (Å²) in [5.41, 5.74) is 9.85. The van der Waals surface area contributed by atoms with Crippen molar-refractivity contribution in [3.8, 4) is 11.5 Å². The number of fused-ring (bicyclic) bond motifs is 1. The van der Waals surface area contributed by atoms with Crippen LogP contribution in [-0.4, -0.2) is 47.8 Å². The smallest absolute Gasteiger partial charge is 0.240 e. The van der Waals surface area contributed by atoms with Crippen molar-refractivity contribution in [3.63, 3.8) is 0 Å².